The molecule has 0 unspecified atom stereocenters. The summed E-state index contributed by atoms with van der Waals surface area (Å²) in [5.41, 5.74) is 4.09. The highest BCUT2D eigenvalue weighted by Gasteiger charge is 2.21. The van der Waals surface area contributed by atoms with Gasteiger partial charge in [-0.05, 0) is 24.6 Å². The lowest BCUT2D eigenvalue weighted by atomic mass is 10.0. The molecule has 1 aromatic carbocycles. The number of fused-ring (bicyclic) bond motifs is 1. The predicted octanol–water partition coefficient (Wildman–Crippen LogP) is 2.49. The van der Waals surface area contributed by atoms with Crippen LogP contribution in [0.5, 0.6) is 0 Å². The summed E-state index contributed by atoms with van der Waals surface area (Å²) in [7, 11) is 0. The third kappa shape index (κ3) is 1.46. The third-order valence-corrected chi connectivity index (χ3v) is 3.35. The number of aromatic nitrogens is 1. The van der Waals surface area contributed by atoms with Crippen molar-refractivity contribution in [3.05, 3.63) is 59.4 Å². The van der Waals surface area contributed by atoms with Crippen LogP contribution in [-0.2, 0) is 6.54 Å². The molecule has 3 rings (SSSR count). The topological polar surface area (TPSA) is 17.0 Å². The van der Waals surface area contributed by atoms with Crippen molar-refractivity contribution in [2.75, 3.05) is 6.54 Å². The number of benzene rings is 1. The van der Waals surface area contributed by atoms with Crippen LogP contribution < -0.4 is 5.32 Å². The summed E-state index contributed by atoms with van der Waals surface area (Å²) in [6.07, 6.45) is 0. The molecule has 1 atom stereocenters. The van der Waals surface area contributed by atoms with Crippen LogP contribution in [-0.4, -0.2) is 11.1 Å². The fraction of sp³-hybridized carbons (Fsp3) is 0.286. The minimum Gasteiger partial charge on any atom is -0.346 e. The summed E-state index contributed by atoms with van der Waals surface area (Å²) >= 11 is 0. The normalized spacial score (nSPS) is 19.4. The Labute approximate surface area is 95.9 Å². The summed E-state index contributed by atoms with van der Waals surface area (Å²) in [6.45, 7) is 4.30. The maximum absolute atomic E-state index is 3.58. The van der Waals surface area contributed by atoms with E-state index in [0.717, 1.165) is 13.1 Å². The molecule has 0 bridgehead atoms. The number of nitrogens with zero attached hydrogens (tertiary/aromatic N) is 1. The van der Waals surface area contributed by atoms with Gasteiger partial charge in [-0.2, -0.15) is 0 Å². The molecule has 0 saturated heterocycles. The van der Waals surface area contributed by atoms with Crippen molar-refractivity contribution in [1.29, 1.82) is 0 Å². The van der Waals surface area contributed by atoms with E-state index in [1.54, 1.807) is 0 Å². The second kappa shape index (κ2) is 3.80. The summed E-state index contributed by atoms with van der Waals surface area (Å²) in [5.74, 6) is 0. The van der Waals surface area contributed by atoms with Gasteiger partial charge in [0.1, 0.15) is 0 Å². The van der Waals surface area contributed by atoms with Crippen molar-refractivity contribution >= 4 is 0 Å². The first kappa shape index (κ1) is 9.67. The van der Waals surface area contributed by atoms with Crippen molar-refractivity contribution < 1.29 is 0 Å². The molecule has 0 spiro atoms. The largest absolute Gasteiger partial charge is 0.346 e. The summed E-state index contributed by atoms with van der Waals surface area (Å²) in [4.78, 5) is 0. The smallest absolute Gasteiger partial charge is 0.0731 e. The Balaban J connectivity index is 2.05. The predicted molar refractivity (Wildman–Crippen MR) is 65.5 cm³/mol. The van der Waals surface area contributed by atoms with Gasteiger partial charge in [0, 0.05) is 24.5 Å². The maximum atomic E-state index is 3.58. The van der Waals surface area contributed by atoms with Crippen molar-refractivity contribution in [2.24, 2.45) is 0 Å². The van der Waals surface area contributed by atoms with Crippen LogP contribution >= 0.6 is 0 Å². The lowest BCUT2D eigenvalue weighted by molar-refractivity contribution is 0.461. The average Bonchev–Trinajstić information content (AvgIpc) is 2.73. The maximum Gasteiger partial charge on any atom is 0.0731 e. The Hall–Kier alpha value is -1.54. The zero-order chi connectivity index (χ0) is 11.0. The van der Waals surface area contributed by atoms with Gasteiger partial charge in [-0.3, -0.25) is 0 Å². The van der Waals surface area contributed by atoms with E-state index >= 15 is 0 Å². The molecule has 0 saturated carbocycles. The average molecular weight is 212 g/mol. The molecule has 2 aromatic rings. The lowest BCUT2D eigenvalue weighted by Crippen LogP contribution is -2.34. The van der Waals surface area contributed by atoms with Crippen LogP contribution in [0.25, 0.3) is 0 Å². The van der Waals surface area contributed by atoms with E-state index in [1.165, 1.54) is 17.0 Å². The molecule has 1 aliphatic heterocycles. The Morgan fingerprint density at radius 1 is 1.12 bits per heavy atom. The van der Waals surface area contributed by atoms with Crippen LogP contribution in [0, 0.1) is 6.92 Å². The van der Waals surface area contributed by atoms with Crippen LogP contribution in [0.1, 0.15) is 23.0 Å². The molecular weight excluding hydrogens is 196 g/mol. The van der Waals surface area contributed by atoms with Crippen LogP contribution in [0.15, 0.2) is 42.5 Å². The van der Waals surface area contributed by atoms with Gasteiger partial charge in [0.2, 0.25) is 0 Å². The Kier molecular flexibility index (Phi) is 2.29. The van der Waals surface area contributed by atoms with Crippen LogP contribution in [0.4, 0.5) is 0 Å². The van der Waals surface area contributed by atoms with Gasteiger partial charge < -0.3 is 9.88 Å². The van der Waals surface area contributed by atoms with Gasteiger partial charge in [-0.15, -0.1) is 0 Å². The first-order valence-electron chi connectivity index (χ1n) is 5.80. The molecule has 0 fully saturated rings. The van der Waals surface area contributed by atoms with Gasteiger partial charge in [-0.25, -0.2) is 0 Å². The molecule has 2 heteroatoms. The highest BCUT2D eigenvalue weighted by atomic mass is 15.1. The minimum absolute atomic E-state index is 0.351. The van der Waals surface area contributed by atoms with Gasteiger partial charge in [0.25, 0.3) is 0 Å². The molecule has 0 amide bonds. The zero-order valence-corrected chi connectivity index (χ0v) is 9.48. The Morgan fingerprint density at radius 3 is 2.75 bits per heavy atom. The third-order valence-electron chi connectivity index (χ3n) is 3.35. The quantitative estimate of drug-likeness (QED) is 0.768. The summed E-state index contributed by atoms with van der Waals surface area (Å²) in [6, 6.07) is 15.4. The lowest BCUT2D eigenvalue weighted by Gasteiger charge is -2.27. The van der Waals surface area contributed by atoms with E-state index in [-0.39, 0.29) is 0 Å². The number of nitrogens with one attached hydrogen (secondary N) is 1. The van der Waals surface area contributed by atoms with Crippen LogP contribution in [0.2, 0.25) is 0 Å². The molecule has 1 N–H and O–H groups in total. The second-order valence-corrected chi connectivity index (χ2v) is 4.35. The van der Waals surface area contributed by atoms with Gasteiger partial charge in [0.05, 0.1) is 6.04 Å². The first-order valence-corrected chi connectivity index (χ1v) is 5.80. The van der Waals surface area contributed by atoms with Crippen LogP contribution in [0.3, 0.4) is 0 Å². The van der Waals surface area contributed by atoms with E-state index < -0.39 is 0 Å². The molecule has 0 radical (unpaired) electrons. The molecule has 1 aliphatic rings. The first-order chi connectivity index (χ1) is 7.86. The van der Waals surface area contributed by atoms with Crippen molar-refractivity contribution in [2.45, 2.75) is 19.5 Å². The highest BCUT2D eigenvalue weighted by Crippen LogP contribution is 2.26. The molecule has 16 heavy (non-hydrogen) atoms. The van der Waals surface area contributed by atoms with E-state index in [9.17, 15) is 0 Å². The van der Waals surface area contributed by atoms with E-state index in [2.05, 4.69) is 59.3 Å². The van der Waals surface area contributed by atoms with Crippen molar-refractivity contribution in [1.82, 2.24) is 9.88 Å². The number of hydrogen-bond donors (Lipinski definition) is 1. The number of rotatable bonds is 1. The van der Waals surface area contributed by atoms with Crippen molar-refractivity contribution in [3.63, 3.8) is 0 Å². The molecule has 1 aromatic heterocycles. The van der Waals surface area contributed by atoms with Gasteiger partial charge in [-0.1, -0.05) is 30.3 Å². The molecule has 2 nitrogen and oxygen atoms in total. The molecule has 82 valence electrons. The minimum atomic E-state index is 0.351. The fourth-order valence-corrected chi connectivity index (χ4v) is 2.51. The zero-order valence-electron chi connectivity index (χ0n) is 9.48. The van der Waals surface area contributed by atoms with E-state index in [0.29, 0.717) is 6.04 Å². The Bertz CT molecular complexity index is 485. The van der Waals surface area contributed by atoms with Gasteiger partial charge >= 0.3 is 0 Å². The molecule has 0 aliphatic carbocycles. The second-order valence-electron chi connectivity index (χ2n) is 4.35. The van der Waals surface area contributed by atoms with E-state index in [1.807, 2.05) is 0 Å². The van der Waals surface area contributed by atoms with E-state index in [4.69, 9.17) is 0 Å². The SMILES string of the molecule is Cc1ccc2n1CCN[C@H]2c1ccccc1. The van der Waals surface area contributed by atoms with Gasteiger partial charge in [0.15, 0.2) is 0 Å². The monoisotopic (exact) mass is 212 g/mol. The van der Waals surface area contributed by atoms with Crippen molar-refractivity contribution in [3.8, 4) is 0 Å². The fourth-order valence-electron chi connectivity index (χ4n) is 2.51. The Morgan fingerprint density at radius 2 is 1.94 bits per heavy atom. The highest BCUT2D eigenvalue weighted by molar-refractivity contribution is 5.31. The molecular formula is C14H16N2. The number of aryl methyl sites for hydroxylation is 1. The summed E-state index contributed by atoms with van der Waals surface area (Å²) in [5, 5.41) is 3.58. The summed E-state index contributed by atoms with van der Waals surface area (Å²) < 4.78 is 2.41. The molecule has 2 heterocycles. The number of hydrogen-bond acceptors (Lipinski definition) is 1. The standard InChI is InChI=1S/C14H16N2/c1-11-7-8-13-14(15-9-10-16(11)13)12-5-3-2-4-6-12/h2-8,14-15H,9-10H2,1H3/t14-/m0/s1.